The first-order chi connectivity index (χ1) is 13.1. The van der Waals surface area contributed by atoms with E-state index < -0.39 is 9.84 Å². The lowest BCUT2D eigenvalue weighted by atomic mass is 9.87. The van der Waals surface area contributed by atoms with Crippen molar-refractivity contribution >= 4 is 21.4 Å². The zero-order valence-corrected chi connectivity index (χ0v) is 18.0. The molecular weight excluding hydrogens is 398 g/mol. The fourth-order valence-electron chi connectivity index (χ4n) is 2.87. The van der Waals surface area contributed by atoms with Crippen LogP contribution in [0.4, 0.5) is 0 Å². The quantitative estimate of drug-likeness (QED) is 0.627. The lowest BCUT2D eigenvalue weighted by molar-refractivity contribution is 0.411. The number of ether oxygens (including phenoxy) is 1. The van der Waals surface area contributed by atoms with Crippen LogP contribution in [0.15, 0.2) is 52.4 Å². The summed E-state index contributed by atoms with van der Waals surface area (Å²) in [5, 5.41) is 8.36. The Balaban J connectivity index is 2.07. The summed E-state index contributed by atoms with van der Waals surface area (Å²) in [4.78, 5) is 0.175. The summed E-state index contributed by atoms with van der Waals surface area (Å²) in [5.74, 6) is 0.510. The molecule has 148 valence electrons. The average Bonchev–Trinajstić information content (AvgIpc) is 3.03. The molecule has 1 heterocycles. The number of hydrogen-bond acceptors (Lipinski definition) is 5. The molecule has 3 rings (SSSR count). The highest BCUT2D eigenvalue weighted by Gasteiger charge is 2.27. The number of aromatic nitrogens is 3. The monoisotopic (exact) mass is 419 g/mol. The van der Waals surface area contributed by atoms with Crippen molar-refractivity contribution in [2.75, 3.05) is 7.11 Å². The minimum atomic E-state index is -3.82. The lowest BCUT2D eigenvalue weighted by Gasteiger charge is -2.19. The normalized spacial score (nSPS) is 12.2. The number of rotatable bonds is 4. The molecule has 3 aromatic rings. The SMILES string of the molecule is COc1ccc(Cl)cc1-n1nnc(S(=O)(=O)c2ccc(C(C)(C)C)cc2)c1C. The Labute approximate surface area is 170 Å². The molecule has 0 amide bonds. The van der Waals surface area contributed by atoms with E-state index in [9.17, 15) is 8.42 Å². The predicted octanol–water partition coefficient (Wildman–Crippen LogP) is 4.37. The van der Waals surface area contributed by atoms with E-state index in [1.807, 2.05) is 12.1 Å². The van der Waals surface area contributed by atoms with Crippen LogP contribution in [-0.4, -0.2) is 30.5 Å². The zero-order valence-electron chi connectivity index (χ0n) is 16.4. The maximum atomic E-state index is 13.1. The summed E-state index contributed by atoms with van der Waals surface area (Å²) < 4.78 is 33.0. The highest BCUT2D eigenvalue weighted by Crippen LogP contribution is 2.30. The third-order valence-electron chi connectivity index (χ3n) is 4.51. The Morgan fingerprint density at radius 2 is 1.71 bits per heavy atom. The van der Waals surface area contributed by atoms with Gasteiger partial charge in [0, 0.05) is 5.02 Å². The topological polar surface area (TPSA) is 74.1 Å². The Hall–Kier alpha value is -2.38. The molecule has 0 saturated carbocycles. The van der Waals surface area contributed by atoms with E-state index in [4.69, 9.17) is 16.3 Å². The number of nitrogens with zero attached hydrogens (tertiary/aromatic N) is 3. The lowest BCUT2D eigenvalue weighted by Crippen LogP contribution is -2.12. The first-order valence-electron chi connectivity index (χ1n) is 8.67. The minimum absolute atomic E-state index is 0.0650. The Morgan fingerprint density at radius 3 is 2.29 bits per heavy atom. The smallest absolute Gasteiger partial charge is 0.227 e. The molecule has 28 heavy (non-hydrogen) atoms. The van der Waals surface area contributed by atoms with Gasteiger partial charge >= 0.3 is 0 Å². The Bertz CT molecular complexity index is 1110. The number of methoxy groups -OCH3 is 1. The summed E-state index contributed by atoms with van der Waals surface area (Å²) in [6.45, 7) is 7.87. The van der Waals surface area contributed by atoms with E-state index in [1.165, 1.54) is 11.8 Å². The molecule has 0 aliphatic rings. The number of sulfone groups is 1. The van der Waals surface area contributed by atoms with Gasteiger partial charge in [-0.2, -0.15) is 0 Å². The molecule has 0 N–H and O–H groups in total. The molecule has 0 atom stereocenters. The molecule has 0 fully saturated rings. The van der Waals surface area contributed by atoms with Gasteiger partial charge in [-0.05, 0) is 48.2 Å². The molecule has 6 nitrogen and oxygen atoms in total. The maximum absolute atomic E-state index is 13.1. The van der Waals surface area contributed by atoms with E-state index in [0.717, 1.165) is 5.56 Å². The van der Waals surface area contributed by atoms with Crippen LogP contribution in [0.3, 0.4) is 0 Å². The van der Waals surface area contributed by atoms with Crippen LogP contribution < -0.4 is 4.74 Å². The third-order valence-corrected chi connectivity index (χ3v) is 6.52. The molecule has 0 bridgehead atoms. The van der Waals surface area contributed by atoms with Crippen LogP contribution in [0.5, 0.6) is 5.75 Å². The van der Waals surface area contributed by atoms with Crippen molar-refractivity contribution in [1.82, 2.24) is 15.0 Å². The van der Waals surface area contributed by atoms with Gasteiger partial charge in [0.1, 0.15) is 11.4 Å². The van der Waals surface area contributed by atoms with Gasteiger partial charge in [-0.3, -0.25) is 0 Å². The third kappa shape index (κ3) is 3.64. The van der Waals surface area contributed by atoms with Crippen LogP contribution in [0.1, 0.15) is 32.0 Å². The van der Waals surface area contributed by atoms with E-state index >= 15 is 0 Å². The van der Waals surface area contributed by atoms with Gasteiger partial charge in [0.15, 0.2) is 0 Å². The van der Waals surface area contributed by atoms with Gasteiger partial charge in [0.05, 0.1) is 17.7 Å². The summed E-state index contributed by atoms with van der Waals surface area (Å²) in [6.07, 6.45) is 0. The molecule has 0 radical (unpaired) electrons. The second kappa shape index (κ2) is 7.22. The van der Waals surface area contributed by atoms with Crippen molar-refractivity contribution in [2.45, 2.75) is 43.0 Å². The summed E-state index contributed by atoms with van der Waals surface area (Å²) in [7, 11) is -2.30. The second-order valence-electron chi connectivity index (χ2n) is 7.49. The van der Waals surface area contributed by atoms with E-state index in [0.29, 0.717) is 22.2 Å². The fourth-order valence-corrected chi connectivity index (χ4v) is 4.37. The van der Waals surface area contributed by atoms with Gasteiger partial charge in [0.2, 0.25) is 14.9 Å². The van der Waals surface area contributed by atoms with Crippen molar-refractivity contribution in [1.29, 1.82) is 0 Å². The van der Waals surface area contributed by atoms with E-state index in [1.54, 1.807) is 37.3 Å². The van der Waals surface area contributed by atoms with Crippen molar-refractivity contribution in [2.24, 2.45) is 0 Å². The van der Waals surface area contributed by atoms with Crippen LogP contribution in [0, 0.1) is 6.92 Å². The van der Waals surface area contributed by atoms with Gasteiger partial charge in [-0.25, -0.2) is 13.1 Å². The van der Waals surface area contributed by atoms with Crippen molar-refractivity contribution in [3.05, 3.63) is 58.7 Å². The van der Waals surface area contributed by atoms with Crippen molar-refractivity contribution < 1.29 is 13.2 Å². The molecule has 0 unspecified atom stereocenters. The number of benzene rings is 2. The summed E-state index contributed by atoms with van der Waals surface area (Å²) in [5.41, 5.74) is 1.88. The molecule has 8 heteroatoms. The van der Waals surface area contributed by atoms with Crippen LogP contribution in [0.2, 0.25) is 5.02 Å². The van der Waals surface area contributed by atoms with Crippen LogP contribution in [0.25, 0.3) is 5.69 Å². The van der Waals surface area contributed by atoms with E-state index in [-0.39, 0.29) is 15.3 Å². The fraction of sp³-hybridized carbons (Fsp3) is 0.300. The zero-order chi connectivity index (χ0) is 20.7. The first-order valence-corrected chi connectivity index (χ1v) is 10.5. The minimum Gasteiger partial charge on any atom is -0.494 e. The summed E-state index contributed by atoms with van der Waals surface area (Å²) in [6, 6.07) is 11.9. The standard InChI is InChI=1S/C20H22ClN3O3S/c1-13-19(22-23-24(13)17-12-15(21)8-11-18(17)27-5)28(25,26)16-9-6-14(7-10-16)20(2,3)4/h6-12H,1-5H3. The van der Waals surface area contributed by atoms with Crippen LogP contribution in [-0.2, 0) is 15.3 Å². The number of halogens is 1. The molecule has 1 aromatic heterocycles. The largest absolute Gasteiger partial charge is 0.494 e. The highest BCUT2D eigenvalue weighted by atomic mass is 35.5. The van der Waals surface area contributed by atoms with Gasteiger partial charge in [0.25, 0.3) is 0 Å². The van der Waals surface area contributed by atoms with E-state index in [2.05, 4.69) is 31.1 Å². The Morgan fingerprint density at radius 1 is 1.07 bits per heavy atom. The Kier molecular flexibility index (Phi) is 5.25. The average molecular weight is 420 g/mol. The first kappa shape index (κ1) is 20.4. The molecule has 0 saturated heterocycles. The molecule has 0 aliphatic heterocycles. The molecule has 0 aliphatic carbocycles. The summed E-state index contributed by atoms with van der Waals surface area (Å²) >= 11 is 6.08. The van der Waals surface area contributed by atoms with Crippen molar-refractivity contribution in [3.8, 4) is 11.4 Å². The van der Waals surface area contributed by atoms with Crippen LogP contribution >= 0.6 is 11.6 Å². The number of hydrogen-bond donors (Lipinski definition) is 0. The second-order valence-corrected chi connectivity index (χ2v) is 9.79. The molecule has 2 aromatic carbocycles. The molecular formula is C20H22ClN3O3S. The highest BCUT2D eigenvalue weighted by molar-refractivity contribution is 7.91. The predicted molar refractivity (Wildman–Crippen MR) is 108 cm³/mol. The molecule has 0 spiro atoms. The van der Waals surface area contributed by atoms with Gasteiger partial charge < -0.3 is 4.74 Å². The van der Waals surface area contributed by atoms with Crippen molar-refractivity contribution in [3.63, 3.8) is 0 Å². The van der Waals surface area contributed by atoms with Gasteiger partial charge in [-0.1, -0.05) is 49.7 Å². The van der Waals surface area contributed by atoms with Gasteiger partial charge in [-0.15, -0.1) is 5.10 Å². The maximum Gasteiger partial charge on any atom is 0.227 e.